The van der Waals surface area contributed by atoms with Gasteiger partial charge in [-0.2, -0.15) is 0 Å². The number of rotatable bonds is 45. The lowest BCUT2D eigenvalue weighted by Gasteiger charge is -2.43. The minimum absolute atomic E-state index is 0.0589. The van der Waals surface area contributed by atoms with Gasteiger partial charge in [0.05, 0.1) is 139 Å². The van der Waals surface area contributed by atoms with Crippen LogP contribution in [0.3, 0.4) is 0 Å². The highest BCUT2D eigenvalue weighted by Gasteiger charge is 2.50. The van der Waals surface area contributed by atoms with Gasteiger partial charge < -0.3 is 56.5 Å². The smallest absolute Gasteiger partial charge is 0.261 e. The van der Waals surface area contributed by atoms with Crippen molar-refractivity contribution in [3.63, 3.8) is 0 Å². The highest BCUT2D eigenvalue weighted by atomic mass is 28.4. The van der Waals surface area contributed by atoms with Gasteiger partial charge in [-0.05, 0) is 45.9 Å². The molecule has 3 rings (SSSR count). The van der Waals surface area contributed by atoms with Crippen LogP contribution in [0.2, 0.25) is 5.04 Å². The Morgan fingerprint density at radius 2 is 0.667 bits per heavy atom. The van der Waals surface area contributed by atoms with E-state index in [1.807, 2.05) is 0 Å². The summed E-state index contributed by atoms with van der Waals surface area (Å²) in [6.07, 6.45) is 10.5. The first-order valence-corrected chi connectivity index (χ1v) is 26.6. The van der Waals surface area contributed by atoms with Crippen LogP contribution in [0.1, 0.15) is 78.2 Å². The Morgan fingerprint density at radius 3 is 1.02 bits per heavy atom. The van der Waals surface area contributed by atoms with Crippen molar-refractivity contribution in [3.8, 4) is 5.75 Å². The summed E-state index contributed by atoms with van der Waals surface area (Å²) < 4.78 is 68.8. The van der Waals surface area contributed by atoms with E-state index in [1.165, 1.54) is 60.9 Å². The Kier molecular flexibility index (Phi) is 34.1. The molecule has 0 heterocycles. The number of unbranched alkanes of at least 4 members (excludes halogenated alkanes) is 6. The van der Waals surface area contributed by atoms with Crippen molar-refractivity contribution in [1.82, 2.24) is 0 Å². The zero-order valence-electron chi connectivity index (χ0n) is 41.2. The predicted molar refractivity (Wildman–Crippen MR) is 265 cm³/mol. The molecule has 3 aromatic carbocycles. The van der Waals surface area contributed by atoms with Crippen LogP contribution in [-0.4, -0.2) is 154 Å². The lowest BCUT2D eigenvalue weighted by molar-refractivity contribution is -0.0270. The average molecular weight is 943 g/mol. The van der Waals surface area contributed by atoms with Crippen molar-refractivity contribution in [2.45, 2.75) is 84.1 Å². The second-order valence-corrected chi connectivity index (χ2v) is 21.3. The van der Waals surface area contributed by atoms with Gasteiger partial charge in [0.15, 0.2) is 0 Å². The molecule has 0 spiro atoms. The van der Waals surface area contributed by atoms with Crippen LogP contribution in [0.4, 0.5) is 0 Å². The maximum atomic E-state index is 6.86. The average Bonchev–Trinajstić information content (AvgIpc) is 3.33. The van der Waals surface area contributed by atoms with Crippen LogP contribution in [0, 0.1) is 0 Å². The summed E-state index contributed by atoms with van der Waals surface area (Å²) in [6, 6.07) is 29.8. The Hall–Kier alpha value is -2.76. The topological polar surface area (TPSA) is 111 Å². The van der Waals surface area contributed by atoms with E-state index < -0.39 is 8.32 Å². The van der Waals surface area contributed by atoms with Crippen LogP contribution in [0.15, 0.2) is 84.9 Å². The summed E-state index contributed by atoms with van der Waals surface area (Å²) in [5.74, 6) is 0.886. The molecule has 0 saturated carbocycles. The molecule has 13 heteroatoms. The van der Waals surface area contributed by atoms with Gasteiger partial charge in [-0.25, -0.2) is 0 Å². The summed E-state index contributed by atoms with van der Waals surface area (Å²) in [5, 5.41) is 2.48. The minimum atomic E-state index is -2.55. The molecule has 0 amide bonds. The first-order valence-electron chi connectivity index (χ1n) is 24.7. The van der Waals surface area contributed by atoms with E-state index in [0.717, 1.165) is 12.2 Å². The van der Waals surface area contributed by atoms with Gasteiger partial charge >= 0.3 is 0 Å². The minimum Gasteiger partial charge on any atom is -0.491 e. The summed E-state index contributed by atoms with van der Waals surface area (Å²) in [7, 11) is -2.55. The second kappa shape index (κ2) is 39.1. The number of ether oxygens (including phenoxy) is 11. The Balaban J connectivity index is 0.976. The van der Waals surface area contributed by atoms with Crippen molar-refractivity contribution < 1.29 is 56.5 Å². The maximum Gasteiger partial charge on any atom is 0.261 e. The van der Waals surface area contributed by atoms with E-state index in [4.69, 9.17) is 56.5 Å². The molecule has 0 radical (unpaired) electrons. The normalized spacial score (nSPS) is 12.0. The molecular weight excluding hydrogens is 857 g/mol. The Labute approximate surface area is 399 Å². The molecule has 0 N–H and O–H groups in total. The predicted octanol–water partition coefficient (Wildman–Crippen LogP) is 8.10. The lowest BCUT2D eigenvalue weighted by atomic mass is 10.0. The number of benzene rings is 3. The summed E-state index contributed by atoms with van der Waals surface area (Å²) in [6.45, 7) is 20.3. The third-order valence-electron chi connectivity index (χ3n) is 10.8. The van der Waals surface area contributed by atoms with Crippen molar-refractivity contribution in [2.75, 3.05) is 145 Å². The van der Waals surface area contributed by atoms with E-state index >= 15 is 0 Å². The molecule has 3 aromatic rings. The molecule has 0 fully saturated rings. The van der Waals surface area contributed by atoms with E-state index in [2.05, 4.69) is 113 Å². The fourth-order valence-corrected chi connectivity index (χ4v) is 11.9. The van der Waals surface area contributed by atoms with Gasteiger partial charge in [0.1, 0.15) is 12.4 Å². The number of aryl methyl sites for hydroxylation is 1. The maximum absolute atomic E-state index is 6.86. The summed E-state index contributed by atoms with van der Waals surface area (Å²) in [5.41, 5.74) is 1.38. The van der Waals surface area contributed by atoms with Gasteiger partial charge in [-0.1, -0.05) is 139 Å². The third kappa shape index (κ3) is 26.7. The Bertz CT molecular complexity index is 1460. The second-order valence-electron chi connectivity index (χ2n) is 17.0. The fraction of sp³-hybridized carbons (Fsp3) is 0.660. The van der Waals surface area contributed by atoms with Crippen molar-refractivity contribution >= 4 is 18.7 Å². The van der Waals surface area contributed by atoms with Crippen LogP contribution >= 0.6 is 0 Å². The fourth-order valence-electron chi connectivity index (χ4n) is 7.35. The zero-order valence-corrected chi connectivity index (χ0v) is 42.2. The molecule has 0 aliphatic rings. The molecule has 0 aliphatic heterocycles. The molecule has 0 aliphatic carbocycles. The largest absolute Gasteiger partial charge is 0.491 e. The van der Waals surface area contributed by atoms with Crippen molar-refractivity contribution in [2.24, 2.45) is 0 Å². The van der Waals surface area contributed by atoms with Gasteiger partial charge in [0, 0.05) is 0 Å². The molecule has 374 valence electrons. The molecule has 66 heavy (non-hydrogen) atoms. The molecule has 0 aromatic heterocycles. The van der Waals surface area contributed by atoms with E-state index in [9.17, 15) is 0 Å². The van der Waals surface area contributed by atoms with Crippen molar-refractivity contribution in [1.29, 1.82) is 0 Å². The van der Waals surface area contributed by atoms with E-state index in [1.54, 1.807) is 0 Å². The first-order chi connectivity index (χ1) is 32.5. The van der Waals surface area contributed by atoms with Gasteiger partial charge in [0.25, 0.3) is 8.32 Å². The van der Waals surface area contributed by atoms with E-state index in [0.29, 0.717) is 145 Å². The molecule has 0 atom stereocenters. The van der Waals surface area contributed by atoms with Crippen LogP contribution < -0.4 is 15.1 Å². The monoisotopic (exact) mass is 943 g/mol. The van der Waals surface area contributed by atoms with Crippen LogP contribution in [-0.2, 0) is 58.2 Å². The van der Waals surface area contributed by atoms with Gasteiger partial charge in [-0.15, -0.1) is 0 Å². The molecule has 0 bridgehead atoms. The molecule has 0 saturated heterocycles. The molecule has 12 nitrogen and oxygen atoms in total. The Morgan fingerprint density at radius 1 is 0.348 bits per heavy atom. The van der Waals surface area contributed by atoms with Gasteiger partial charge in [-0.3, -0.25) is 0 Å². The number of hydrogen-bond acceptors (Lipinski definition) is 12. The standard InChI is InChI=1S/C53H86O12Si/c1-5-6-7-8-9-10-13-18-49-23-25-50(26-24-49)64-47-45-62-43-41-60-39-37-58-35-33-56-31-29-54-27-28-55-30-32-57-34-36-59-38-40-61-42-44-63-46-48-65-66(53(2,3)4,51-19-14-11-15-20-51)52-21-16-12-17-22-52/h11-12,14-17,19-26H,5-10,13,18,27-48H2,1-4H3. The van der Waals surface area contributed by atoms with Crippen molar-refractivity contribution in [3.05, 3.63) is 90.5 Å². The quantitative estimate of drug-likeness (QED) is 0.0404. The number of hydrogen-bond donors (Lipinski definition) is 0. The third-order valence-corrected chi connectivity index (χ3v) is 15.8. The van der Waals surface area contributed by atoms with Crippen LogP contribution in [0.25, 0.3) is 0 Å². The molecular formula is C53H86O12Si. The summed E-state index contributed by atoms with van der Waals surface area (Å²) in [4.78, 5) is 0. The highest BCUT2D eigenvalue weighted by Crippen LogP contribution is 2.36. The summed E-state index contributed by atoms with van der Waals surface area (Å²) >= 11 is 0. The highest BCUT2D eigenvalue weighted by molar-refractivity contribution is 6.99. The van der Waals surface area contributed by atoms with Gasteiger partial charge in [0.2, 0.25) is 0 Å². The molecule has 0 unspecified atom stereocenters. The SMILES string of the molecule is CCCCCCCCCc1ccc(OCCOCCOCCOCCOCCOCCOCCOCCOCCOCCOCCO[Si](c2ccccc2)(c2ccccc2)C(C)(C)C)cc1. The zero-order chi connectivity index (χ0) is 46.9. The van der Waals surface area contributed by atoms with E-state index in [-0.39, 0.29) is 5.04 Å². The lowest BCUT2D eigenvalue weighted by Crippen LogP contribution is -2.66. The first kappa shape index (κ1) is 57.6. The van der Waals surface area contributed by atoms with Crippen LogP contribution in [0.5, 0.6) is 5.75 Å².